The molecule has 1 fully saturated rings. The summed E-state index contributed by atoms with van der Waals surface area (Å²) in [5.74, 6) is 0.525. The Bertz CT molecular complexity index is 1490. The minimum atomic E-state index is -4.02. The summed E-state index contributed by atoms with van der Waals surface area (Å²) in [7, 11) is -8.04. The second kappa shape index (κ2) is 14.5. The number of allylic oxidation sites excluding steroid dienone is 1. The molecule has 3 aliphatic rings. The third kappa shape index (κ3) is 9.32. The molecule has 242 valence electrons. The van der Waals surface area contributed by atoms with Crippen LogP contribution in [0.4, 0.5) is 0 Å². The highest BCUT2D eigenvalue weighted by Gasteiger charge is 2.43. The number of nitrogens with two attached hydrogens (primary N) is 1. The Morgan fingerprint density at radius 2 is 1.41 bits per heavy atom. The molecular formula is C32H44N2O8S2. The molecule has 4 atom stereocenters. The lowest BCUT2D eigenvalue weighted by Gasteiger charge is -2.50. The molecule has 44 heavy (non-hydrogen) atoms. The predicted molar refractivity (Wildman–Crippen MR) is 169 cm³/mol. The van der Waals surface area contributed by atoms with Gasteiger partial charge in [-0.05, 0) is 82.2 Å². The smallest absolute Gasteiger partial charge is 0.321 e. The van der Waals surface area contributed by atoms with Gasteiger partial charge in [-0.1, -0.05) is 73.0 Å². The maximum atomic E-state index is 11.3. The molecule has 2 aromatic rings. The van der Waals surface area contributed by atoms with Crippen LogP contribution in [0, 0.1) is 31.1 Å². The molecule has 2 aromatic carbocycles. The number of hydrogen-bond donors (Lipinski definition) is 4. The third-order valence-corrected chi connectivity index (χ3v) is 10.6. The molecule has 0 amide bonds. The molecule has 0 spiro atoms. The largest absolute Gasteiger partial charge is 0.480 e. The molecule has 5 N–H and O–H groups in total. The van der Waals surface area contributed by atoms with E-state index in [0.29, 0.717) is 12.0 Å². The number of rotatable bonds is 5. The van der Waals surface area contributed by atoms with Crippen LogP contribution in [0.5, 0.6) is 0 Å². The van der Waals surface area contributed by atoms with E-state index in [1.807, 2.05) is 27.7 Å². The van der Waals surface area contributed by atoms with Crippen molar-refractivity contribution in [3.63, 3.8) is 0 Å². The highest BCUT2D eigenvalue weighted by molar-refractivity contribution is 7.86. The Balaban J connectivity index is 0.000000202. The van der Waals surface area contributed by atoms with Crippen molar-refractivity contribution in [2.45, 2.75) is 75.3 Å². The van der Waals surface area contributed by atoms with Crippen molar-refractivity contribution in [3.05, 3.63) is 83.5 Å². The van der Waals surface area contributed by atoms with E-state index in [2.05, 4.69) is 23.1 Å². The first-order chi connectivity index (χ1) is 20.4. The zero-order chi connectivity index (χ0) is 32.9. The lowest BCUT2D eigenvalue weighted by molar-refractivity contribution is -0.140. The van der Waals surface area contributed by atoms with Crippen LogP contribution in [-0.2, 0) is 25.0 Å². The number of aryl methyl sites for hydroxylation is 2. The Morgan fingerprint density at radius 3 is 1.86 bits per heavy atom. The van der Waals surface area contributed by atoms with Gasteiger partial charge in [0.25, 0.3) is 20.2 Å². The standard InChI is InChI=1S/C18H28N2O2.2C7H8O3S/c1-18(2,16(19)17(21)22)13-8-10-20-9-7-12-5-3-4-6-14(12)15(20)11-13;2*1-6-2-4-7(5-3-6)11(8,9)10/h4,6,8,12,14-16H,3,5,7,9-11,19H2,1-2H3,(H,21,22);2*2-5H,1H3,(H,8,9,10). The van der Waals surface area contributed by atoms with E-state index in [1.54, 1.807) is 24.3 Å². The number of aliphatic carboxylic acids is 1. The number of fused-ring (bicyclic) bond motifs is 3. The molecule has 4 unspecified atom stereocenters. The van der Waals surface area contributed by atoms with Gasteiger partial charge in [-0.3, -0.25) is 18.8 Å². The fraction of sp³-hybridized carbons (Fsp3) is 0.469. The monoisotopic (exact) mass is 648 g/mol. The van der Waals surface area contributed by atoms with Crippen LogP contribution in [0.25, 0.3) is 0 Å². The maximum absolute atomic E-state index is 11.3. The van der Waals surface area contributed by atoms with Gasteiger partial charge >= 0.3 is 5.97 Å². The number of piperidine rings is 1. The van der Waals surface area contributed by atoms with Gasteiger partial charge in [0.15, 0.2) is 0 Å². The summed E-state index contributed by atoms with van der Waals surface area (Å²) in [6.07, 6.45) is 11.8. The van der Waals surface area contributed by atoms with Gasteiger partial charge in [0.1, 0.15) is 6.04 Å². The van der Waals surface area contributed by atoms with Crippen molar-refractivity contribution >= 4 is 26.2 Å². The lowest BCUT2D eigenvalue weighted by atomic mass is 9.67. The van der Waals surface area contributed by atoms with Gasteiger partial charge in [-0.15, -0.1) is 0 Å². The number of carboxylic acid groups (broad SMARTS) is 1. The minimum absolute atomic E-state index is 0.0666. The van der Waals surface area contributed by atoms with Gasteiger partial charge in [-0.25, -0.2) is 0 Å². The second-order valence-electron chi connectivity index (χ2n) is 12.2. The van der Waals surface area contributed by atoms with Crippen LogP contribution in [0.1, 0.15) is 50.7 Å². The van der Waals surface area contributed by atoms with E-state index in [4.69, 9.17) is 14.8 Å². The van der Waals surface area contributed by atoms with Crippen LogP contribution in [-0.4, -0.2) is 67.1 Å². The third-order valence-electron chi connectivity index (χ3n) is 8.82. The van der Waals surface area contributed by atoms with Gasteiger partial charge in [0.05, 0.1) is 9.79 Å². The summed E-state index contributed by atoms with van der Waals surface area (Å²) in [5.41, 5.74) is 8.61. The number of benzene rings is 2. The van der Waals surface area contributed by atoms with E-state index in [-0.39, 0.29) is 9.79 Å². The summed E-state index contributed by atoms with van der Waals surface area (Å²) in [5, 5.41) is 9.29. The minimum Gasteiger partial charge on any atom is -0.480 e. The summed E-state index contributed by atoms with van der Waals surface area (Å²) in [6.45, 7) is 9.75. The normalized spacial score (nSPS) is 22.5. The molecule has 12 heteroatoms. The predicted octanol–water partition coefficient (Wildman–Crippen LogP) is 4.89. The Morgan fingerprint density at radius 1 is 0.909 bits per heavy atom. The van der Waals surface area contributed by atoms with Crippen LogP contribution in [0.3, 0.4) is 0 Å². The van der Waals surface area contributed by atoms with Crippen LogP contribution in [0.15, 0.2) is 82.1 Å². The van der Waals surface area contributed by atoms with Crippen molar-refractivity contribution in [2.24, 2.45) is 23.0 Å². The van der Waals surface area contributed by atoms with Crippen molar-refractivity contribution in [2.75, 3.05) is 13.1 Å². The Kier molecular flexibility index (Phi) is 11.7. The van der Waals surface area contributed by atoms with Crippen LogP contribution < -0.4 is 5.73 Å². The first kappa shape index (κ1) is 35.6. The first-order valence-corrected chi connectivity index (χ1v) is 17.5. The van der Waals surface area contributed by atoms with Gasteiger partial charge in [0, 0.05) is 18.0 Å². The molecule has 1 aliphatic carbocycles. The van der Waals surface area contributed by atoms with Crippen molar-refractivity contribution in [1.29, 1.82) is 0 Å². The number of carbonyl (C=O) groups is 1. The van der Waals surface area contributed by atoms with E-state index < -0.39 is 37.7 Å². The molecule has 10 nitrogen and oxygen atoms in total. The number of hydrogen-bond acceptors (Lipinski definition) is 7. The summed E-state index contributed by atoms with van der Waals surface area (Å²) < 4.78 is 59.1. The molecular weight excluding hydrogens is 604 g/mol. The van der Waals surface area contributed by atoms with E-state index >= 15 is 0 Å². The van der Waals surface area contributed by atoms with E-state index in [1.165, 1.54) is 55.6 Å². The van der Waals surface area contributed by atoms with E-state index in [9.17, 15) is 26.7 Å². The summed E-state index contributed by atoms with van der Waals surface area (Å²) >= 11 is 0. The van der Waals surface area contributed by atoms with Gasteiger partial charge in [-0.2, -0.15) is 16.8 Å². The second-order valence-corrected chi connectivity index (χ2v) is 15.1. The average molecular weight is 649 g/mol. The zero-order valence-corrected chi connectivity index (χ0v) is 27.3. The van der Waals surface area contributed by atoms with Crippen LogP contribution >= 0.6 is 0 Å². The Labute approximate surface area is 261 Å². The molecule has 0 radical (unpaired) electrons. The molecule has 2 aliphatic heterocycles. The van der Waals surface area contributed by atoms with Crippen molar-refractivity contribution in [3.8, 4) is 0 Å². The summed E-state index contributed by atoms with van der Waals surface area (Å²) in [6, 6.07) is 11.7. The van der Waals surface area contributed by atoms with Gasteiger partial charge in [0.2, 0.25) is 0 Å². The highest BCUT2D eigenvalue weighted by Crippen LogP contribution is 2.44. The Hall–Kier alpha value is -2.87. The highest BCUT2D eigenvalue weighted by atomic mass is 32.2. The molecule has 1 saturated heterocycles. The lowest BCUT2D eigenvalue weighted by Crippen LogP contribution is -2.53. The molecule has 0 aromatic heterocycles. The topological polar surface area (TPSA) is 175 Å². The van der Waals surface area contributed by atoms with Crippen molar-refractivity contribution < 1.29 is 35.8 Å². The summed E-state index contributed by atoms with van der Waals surface area (Å²) in [4.78, 5) is 13.8. The molecule has 2 heterocycles. The fourth-order valence-corrected chi connectivity index (χ4v) is 6.88. The number of carboxylic acids is 1. The molecule has 5 rings (SSSR count). The SMILES string of the molecule is CC(C)(C1=CCN2CCC3CCC=CC3C2C1)C(N)C(=O)O.Cc1ccc(S(=O)(=O)O)cc1.Cc1ccc(S(=O)(=O)O)cc1. The quantitative estimate of drug-likeness (QED) is 0.258. The average Bonchev–Trinajstić information content (AvgIpc) is 2.96. The van der Waals surface area contributed by atoms with Crippen molar-refractivity contribution in [1.82, 2.24) is 4.90 Å². The number of nitrogens with zero attached hydrogens (tertiary/aromatic N) is 1. The van der Waals surface area contributed by atoms with E-state index in [0.717, 1.165) is 30.0 Å². The first-order valence-electron chi connectivity index (χ1n) is 14.6. The molecule has 0 saturated carbocycles. The fourth-order valence-electron chi connectivity index (χ4n) is 5.92. The molecule has 0 bridgehead atoms. The van der Waals surface area contributed by atoms with Crippen LogP contribution in [0.2, 0.25) is 0 Å². The zero-order valence-electron chi connectivity index (χ0n) is 25.6. The van der Waals surface area contributed by atoms with Gasteiger partial charge < -0.3 is 10.8 Å². The maximum Gasteiger partial charge on any atom is 0.321 e.